The van der Waals surface area contributed by atoms with Crippen molar-refractivity contribution in [1.29, 1.82) is 0 Å². The van der Waals surface area contributed by atoms with E-state index < -0.39 is 0 Å². The summed E-state index contributed by atoms with van der Waals surface area (Å²) >= 11 is 3.42. The Morgan fingerprint density at radius 2 is 2.08 bits per heavy atom. The quantitative estimate of drug-likeness (QED) is 0.690. The van der Waals surface area contributed by atoms with Crippen LogP contribution in [-0.4, -0.2) is 9.38 Å². The van der Waals surface area contributed by atoms with Crippen LogP contribution in [-0.2, 0) is 0 Å². The molecule has 70 valence electrons. The fraction of sp³-hybridized carbons (Fsp3) is 0.300. The van der Waals surface area contributed by atoms with E-state index in [-0.39, 0.29) is 0 Å². The highest BCUT2D eigenvalue weighted by molar-refractivity contribution is 9.10. The van der Waals surface area contributed by atoms with Crippen molar-refractivity contribution in [3.63, 3.8) is 0 Å². The van der Waals surface area contributed by atoms with E-state index >= 15 is 0 Å². The largest absolute Gasteiger partial charge is 0.306 e. The lowest BCUT2D eigenvalue weighted by Gasteiger charge is -1.97. The molecule has 0 unspecified atom stereocenters. The highest BCUT2D eigenvalue weighted by Crippen LogP contribution is 2.15. The maximum absolute atomic E-state index is 4.20. The van der Waals surface area contributed by atoms with E-state index in [0.717, 1.165) is 10.1 Å². The fourth-order valence-electron chi connectivity index (χ4n) is 1.16. The zero-order valence-corrected chi connectivity index (χ0v) is 9.67. The smallest absolute Gasteiger partial charge is 0.139 e. The monoisotopic (exact) mass is 240 g/mol. The molecule has 3 heteroatoms. The average Bonchev–Trinajstić information content (AvgIpc) is 2.55. The van der Waals surface area contributed by atoms with E-state index in [0.29, 0.717) is 0 Å². The van der Waals surface area contributed by atoms with Gasteiger partial charge in [0.15, 0.2) is 0 Å². The number of aryl methyl sites for hydroxylation is 1. The van der Waals surface area contributed by atoms with Gasteiger partial charge in [0.25, 0.3) is 0 Å². The first-order chi connectivity index (χ1) is 6.27. The molecule has 0 spiro atoms. The van der Waals surface area contributed by atoms with E-state index in [4.69, 9.17) is 0 Å². The number of hydrogen-bond donors (Lipinski definition) is 0. The number of aromatic nitrogens is 2. The SMILES string of the molecule is CC.Cc1cc(Br)cn2ccnc12. The first-order valence-electron chi connectivity index (χ1n) is 4.36. The number of pyridine rings is 1. The number of rotatable bonds is 0. The topological polar surface area (TPSA) is 17.3 Å². The minimum absolute atomic E-state index is 1.02. The molecule has 0 atom stereocenters. The van der Waals surface area contributed by atoms with Gasteiger partial charge in [0, 0.05) is 23.1 Å². The Balaban J connectivity index is 0.000000396. The van der Waals surface area contributed by atoms with Crippen LogP contribution >= 0.6 is 15.9 Å². The molecular formula is C10H13BrN2. The number of hydrogen-bond acceptors (Lipinski definition) is 1. The van der Waals surface area contributed by atoms with Crippen LogP contribution in [0.1, 0.15) is 19.4 Å². The van der Waals surface area contributed by atoms with E-state index in [1.54, 1.807) is 6.20 Å². The molecule has 0 bridgehead atoms. The second kappa shape index (κ2) is 4.42. The van der Waals surface area contributed by atoms with Gasteiger partial charge in [0.1, 0.15) is 5.65 Å². The normalized spacial score (nSPS) is 9.54. The van der Waals surface area contributed by atoms with Crippen molar-refractivity contribution < 1.29 is 0 Å². The highest BCUT2D eigenvalue weighted by Gasteiger charge is 1.98. The Morgan fingerprint density at radius 1 is 1.38 bits per heavy atom. The molecule has 0 aliphatic carbocycles. The molecule has 0 saturated carbocycles. The van der Waals surface area contributed by atoms with E-state index in [9.17, 15) is 0 Å². The molecular weight excluding hydrogens is 228 g/mol. The van der Waals surface area contributed by atoms with Crippen molar-refractivity contribution in [2.24, 2.45) is 0 Å². The Hall–Kier alpha value is -0.830. The summed E-state index contributed by atoms with van der Waals surface area (Å²) in [6.07, 6.45) is 5.73. The molecule has 2 aromatic rings. The maximum Gasteiger partial charge on any atom is 0.139 e. The van der Waals surface area contributed by atoms with E-state index in [2.05, 4.69) is 27.0 Å². The second-order valence-corrected chi connectivity index (χ2v) is 3.42. The summed E-state index contributed by atoms with van der Waals surface area (Å²) in [4.78, 5) is 4.20. The molecule has 0 saturated heterocycles. The predicted octanol–water partition coefficient (Wildman–Crippen LogP) is 3.43. The minimum atomic E-state index is 1.02. The van der Waals surface area contributed by atoms with Crippen molar-refractivity contribution in [2.45, 2.75) is 20.8 Å². The van der Waals surface area contributed by atoms with Gasteiger partial charge in [-0.1, -0.05) is 13.8 Å². The van der Waals surface area contributed by atoms with Gasteiger partial charge < -0.3 is 4.40 Å². The van der Waals surface area contributed by atoms with Gasteiger partial charge in [-0.3, -0.25) is 0 Å². The number of halogens is 1. The minimum Gasteiger partial charge on any atom is -0.306 e. The predicted molar refractivity (Wildman–Crippen MR) is 59.0 cm³/mol. The zero-order valence-electron chi connectivity index (χ0n) is 8.08. The molecule has 0 aromatic carbocycles. The third kappa shape index (κ3) is 2.10. The van der Waals surface area contributed by atoms with Gasteiger partial charge in [0.2, 0.25) is 0 Å². The van der Waals surface area contributed by atoms with E-state index in [1.807, 2.05) is 37.6 Å². The third-order valence-electron chi connectivity index (χ3n) is 1.64. The molecule has 2 aromatic heterocycles. The number of imidazole rings is 1. The molecule has 0 fully saturated rings. The first-order valence-corrected chi connectivity index (χ1v) is 5.15. The van der Waals surface area contributed by atoms with Gasteiger partial charge in [-0.25, -0.2) is 4.98 Å². The molecule has 0 aliphatic rings. The van der Waals surface area contributed by atoms with Crippen molar-refractivity contribution in [3.8, 4) is 0 Å². The maximum atomic E-state index is 4.20. The van der Waals surface area contributed by atoms with Gasteiger partial charge in [0.05, 0.1) is 0 Å². The van der Waals surface area contributed by atoms with Crippen LogP contribution < -0.4 is 0 Å². The van der Waals surface area contributed by atoms with E-state index in [1.165, 1.54) is 5.56 Å². The van der Waals surface area contributed by atoms with Gasteiger partial charge in [-0.05, 0) is 34.5 Å². The fourth-order valence-corrected chi connectivity index (χ4v) is 1.73. The Labute approximate surface area is 86.7 Å². The van der Waals surface area contributed by atoms with Gasteiger partial charge in [-0.15, -0.1) is 0 Å². The van der Waals surface area contributed by atoms with Crippen molar-refractivity contribution in [1.82, 2.24) is 9.38 Å². The summed E-state index contributed by atoms with van der Waals surface area (Å²) in [7, 11) is 0. The summed E-state index contributed by atoms with van der Waals surface area (Å²) in [6, 6.07) is 2.06. The zero-order chi connectivity index (χ0) is 9.84. The van der Waals surface area contributed by atoms with Crippen molar-refractivity contribution in [3.05, 3.63) is 34.7 Å². The van der Waals surface area contributed by atoms with Crippen LogP contribution in [0.25, 0.3) is 5.65 Å². The van der Waals surface area contributed by atoms with Crippen LogP contribution in [0.2, 0.25) is 0 Å². The highest BCUT2D eigenvalue weighted by atomic mass is 79.9. The average molecular weight is 241 g/mol. The molecule has 2 nitrogen and oxygen atoms in total. The number of nitrogens with zero attached hydrogens (tertiary/aromatic N) is 2. The molecule has 13 heavy (non-hydrogen) atoms. The molecule has 0 aliphatic heterocycles. The molecule has 0 N–H and O–H groups in total. The van der Waals surface area contributed by atoms with Crippen LogP contribution in [0.5, 0.6) is 0 Å². The summed E-state index contributed by atoms with van der Waals surface area (Å²) in [5.41, 5.74) is 2.21. The standard InChI is InChI=1S/C8H7BrN2.C2H6/c1-6-4-7(9)5-11-3-2-10-8(6)11;1-2/h2-5H,1H3;1-2H3. The van der Waals surface area contributed by atoms with Crippen molar-refractivity contribution >= 4 is 21.6 Å². The summed E-state index contributed by atoms with van der Waals surface area (Å²) in [5.74, 6) is 0. The van der Waals surface area contributed by atoms with Crippen LogP contribution in [0.15, 0.2) is 29.1 Å². The Kier molecular flexibility index (Phi) is 3.48. The van der Waals surface area contributed by atoms with Crippen LogP contribution in [0.4, 0.5) is 0 Å². The van der Waals surface area contributed by atoms with Crippen LogP contribution in [0.3, 0.4) is 0 Å². The second-order valence-electron chi connectivity index (χ2n) is 2.50. The molecule has 0 radical (unpaired) electrons. The van der Waals surface area contributed by atoms with Gasteiger partial charge >= 0.3 is 0 Å². The molecule has 2 heterocycles. The summed E-state index contributed by atoms with van der Waals surface area (Å²) in [5, 5.41) is 0. The summed E-state index contributed by atoms with van der Waals surface area (Å²) in [6.45, 7) is 6.05. The first kappa shape index (κ1) is 10.3. The van der Waals surface area contributed by atoms with Gasteiger partial charge in [-0.2, -0.15) is 0 Å². The lowest BCUT2D eigenvalue weighted by molar-refractivity contribution is 1.15. The lowest BCUT2D eigenvalue weighted by Crippen LogP contribution is -1.86. The van der Waals surface area contributed by atoms with Crippen LogP contribution in [0, 0.1) is 6.92 Å². The summed E-state index contributed by atoms with van der Waals surface area (Å²) < 4.78 is 3.08. The lowest BCUT2D eigenvalue weighted by atomic mass is 10.3. The number of fused-ring (bicyclic) bond motifs is 1. The molecule has 2 rings (SSSR count). The third-order valence-corrected chi connectivity index (χ3v) is 2.07. The Bertz CT molecular complexity index is 393. The molecule has 0 amide bonds. The van der Waals surface area contributed by atoms with Crippen molar-refractivity contribution in [2.75, 3.05) is 0 Å². The Morgan fingerprint density at radius 3 is 2.77 bits per heavy atom.